The standard InChI is InChI=1S/C27H22ClF4NO4S/c1-15(25-22(28)7-4-8-23(25)29)11-17-9-10-24-18(12-17)13-21(26(34)35)16(2)33(24)38(36,37)20-6-3-5-19(14-20)27(30,31)32/h3-12,14,16,21H,13H2,1-2H3,(H,34,35)/b15-11+/t16-,21-/m1/s1. The number of benzene rings is 3. The summed E-state index contributed by atoms with van der Waals surface area (Å²) in [6.45, 7) is 3.06. The third kappa shape index (κ3) is 5.15. The highest BCUT2D eigenvalue weighted by Crippen LogP contribution is 2.40. The monoisotopic (exact) mass is 567 g/mol. The summed E-state index contributed by atoms with van der Waals surface area (Å²) in [5.41, 5.74) is 0.605. The molecule has 200 valence electrons. The number of anilines is 1. The van der Waals surface area contributed by atoms with Crippen LogP contribution in [0.25, 0.3) is 11.6 Å². The fraction of sp³-hybridized carbons (Fsp3) is 0.222. The van der Waals surface area contributed by atoms with Crippen molar-refractivity contribution in [2.24, 2.45) is 5.92 Å². The molecule has 3 aromatic carbocycles. The Balaban J connectivity index is 1.83. The first-order valence-electron chi connectivity index (χ1n) is 11.4. The lowest BCUT2D eigenvalue weighted by Gasteiger charge is -2.39. The van der Waals surface area contributed by atoms with Crippen LogP contribution in [-0.2, 0) is 27.4 Å². The van der Waals surface area contributed by atoms with Crippen molar-refractivity contribution in [3.63, 3.8) is 0 Å². The van der Waals surface area contributed by atoms with Crippen molar-refractivity contribution in [1.29, 1.82) is 0 Å². The van der Waals surface area contributed by atoms with E-state index in [0.29, 0.717) is 22.8 Å². The smallest absolute Gasteiger partial charge is 0.416 e. The highest BCUT2D eigenvalue weighted by molar-refractivity contribution is 7.92. The van der Waals surface area contributed by atoms with Gasteiger partial charge in [-0.3, -0.25) is 9.10 Å². The van der Waals surface area contributed by atoms with Crippen molar-refractivity contribution in [1.82, 2.24) is 0 Å². The van der Waals surface area contributed by atoms with E-state index < -0.39 is 50.4 Å². The highest BCUT2D eigenvalue weighted by Gasteiger charge is 2.42. The first kappa shape index (κ1) is 27.7. The van der Waals surface area contributed by atoms with Gasteiger partial charge < -0.3 is 5.11 Å². The number of fused-ring (bicyclic) bond motifs is 1. The van der Waals surface area contributed by atoms with E-state index >= 15 is 0 Å². The molecule has 0 bridgehead atoms. The zero-order valence-electron chi connectivity index (χ0n) is 20.1. The second kappa shape index (κ2) is 10.1. The zero-order valence-corrected chi connectivity index (χ0v) is 21.7. The maximum atomic E-state index is 14.4. The summed E-state index contributed by atoms with van der Waals surface area (Å²) in [7, 11) is -4.58. The van der Waals surface area contributed by atoms with Crippen molar-refractivity contribution >= 4 is 44.9 Å². The maximum Gasteiger partial charge on any atom is 0.416 e. The molecule has 38 heavy (non-hydrogen) atoms. The molecule has 1 heterocycles. The normalized spacial score (nSPS) is 18.3. The van der Waals surface area contributed by atoms with E-state index in [2.05, 4.69) is 0 Å². The Morgan fingerprint density at radius 2 is 1.79 bits per heavy atom. The van der Waals surface area contributed by atoms with Crippen LogP contribution >= 0.6 is 11.6 Å². The van der Waals surface area contributed by atoms with Crippen LogP contribution in [0, 0.1) is 11.7 Å². The number of carboxylic acid groups (broad SMARTS) is 1. The predicted molar refractivity (Wildman–Crippen MR) is 137 cm³/mol. The number of aliphatic carboxylic acids is 1. The minimum absolute atomic E-state index is 0.0123. The van der Waals surface area contributed by atoms with Gasteiger partial charge in [0.05, 0.1) is 33.1 Å². The summed E-state index contributed by atoms with van der Waals surface area (Å²) in [5, 5.41) is 10.0. The Morgan fingerprint density at radius 1 is 1.11 bits per heavy atom. The number of carbonyl (C=O) groups is 1. The van der Waals surface area contributed by atoms with Crippen molar-refractivity contribution in [3.05, 3.63) is 93.8 Å². The molecule has 1 N–H and O–H groups in total. The largest absolute Gasteiger partial charge is 0.481 e. The lowest BCUT2D eigenvalue weighted by molar-refractivity contribution is -0.142. The molecule has 5 nitrogen and oxygen atoms in total. The molecule has 0 unspecified atom stereocenters. The average Bonchev–Trinajstić information content (AvgIpc) is 2.83. The van der Waals surface area contributed by atoms with Gasteiger partial charge in [-0.1, -0.05) is 35.9 Å². The molecule has 0 spiro atoms. The minimum atomic E-state index is -4.76. The van der Waals surface area contributed by atoms with Gasteiger partial charge in [0, 0.05) is 5.56 Å². The summed E-state index contributed by atoms with van der Waals surface area (Å²) >= 11 is 6.15. The van der Waals surface area contributed by atoms with Gasteiger partial charge in [-0.2, -0.15) is 13.2 Å². The van der Waals surface area contributed by atoms with E-state index in [-0.39, 0.29) is 22.7 Å². The van der Waals surface area contributed by atoms with E-state index in [4.69, 9.17) is 11.6 Å². The van der Waals surface area contributed by atoms with E-state index in [1.54, 1.807) is 31.2 Å². The molecule has 0 saturated heterocycles. The molecule has 0 radical (unpaired) electrons. The van der Waals surface area contributed by atoms with Gasteiger partial charge >= 0.3 is 12.1 Å². The van der Waals surface area contributed by atoms with Crippen molar-refractivity contribution in [2.75, 3.05) is 4.31 Å². The number of hydrogen-bond acceptors (Lipinski definition) is 3. The highest BCUT2D eigenvalue weighted by atomic mass is 35.5. The first-order chi connectivity index (χ1) is 17.7. The number of allylic oxidation sites excluding steroid dienone is 1. The van der Waals surface area contributed by atoms with Crippen molar-refractivity contribution in [3.8, 4) is 0 Å². The van der Waals surface area contributed by atoms with Crippen LogP contribution in [0.4, 0.5) is 23.2 Å². The minimum Gasteiger partial charge on any atom is -0.481 e. The Kier molecular flexibility index (Phi) is 7.33. The number of rotatable bonds is 5. The fourth-order valence-electron chi connectivity index (χ4n) is 4.65. The van der Waals surface area contributed by atoms with Gasteiger partial charge in [0.2, 0.25) is 0 Å². The van der Waals surface area contributed by atoms with Gasteiger partial charge in [-0.05, 0) is 79.4 Å². The van der Waals surface area contributed by atoms with E-state index in [0.717, 1.165) is 22.5 Å². The maximum absolute atomic E-state index is 14.4. The number of halogens is 5. The summed E-state index contributed by atoms with van der Waals surface area (Å²) in [4.78, 5) is 11.4. The van der Waals surface area contributed by atoms with Crippen molar-refractivity contribution in [2.45, 2.75) is 37.4 Å². The lowest BCUT2D eigenvalue weighted by atomic mass is 9.87. The Labute approximate surface area is 222 Å². The average molecular weight is 568 g/mol. The third-order valence-corrected chi connectivity index (χ3v) is 8.72. The van der Waals surface area contributed by atoms with Crippen LogP contribution < -0.4 is 4.31 Å². The molecular formula is C27H22ClF4NO4S. The second-order valence-electron chi connectivity index (χ2n) is 9.03. The van der Waals surface area contributed by atoms with Gasteiger partial charge in [-0.15, -0.1) is 0 Å². The topological polar surface area (TPSA) is 74.7 Å². The fourth-order valence-corrected chi connectivity index (χ4v) is 6.74. The van der Waals surface area contributed by atoms with Crippen LogP contribution in [0.5, 0.6) is 0 Å². The molecule has 0 saturated carbocycles. The van der Waals surface area contributed by atoms with Crippen LogP contribution in [0.2, 0.25) is 5.02 Å². The Hall–Kier alpha value is -3.37. The van der Waals surface area contributed by atoms with Gasteiger partial charge in [0.1, 0.15) is 5.82 Å². The summed E-state index contributed by atoms with van der Waals surface area (Å²) in [6, 6.07) is 11.1. The van der Waals surface area contributed by atoms with Crippen LogP contribution in [0.3, 0.4) is 0 Å². The Morgan fingerprint density at radius 3 is 2.42 bits per heavy atom. The number of sulfonamides is 1. The molecule has 2 atom stereocenters. The molecule has 0 aromatic heterocycles. The van der Waals surface area contributed by atoms with E-state index in [1.165, 1.54) is 25.1 Å². The molecule has 1 aliphatic heterocycles. The van der Waals surface area contributed by atoms with E-state index in [1.807, 2.05) is 0 Å². The molecule has 0 fully saturated rings. The molecule has 4 rings (SSSR count). The van der Waals surface area contributed by atoms with Gasteiger partial charge in [0.15, 0.2) is 0 Å². The number of hydrogen-bond donors (Lipinski definition) is 1. The van der Waals surface area contributed by atoms with Crippen LogP contribution in [0.1, 0.15) is 36.1 Å². The van der Waals surface area contributed by atoms with Crippen molar-refractivity contribution < 1.29 is 35.9 Å². The number of carboxylic acids is 1. The zero-order chi connectivity index (χ0) is 28.0. The molecular weight excluding hydrogens is 546 g/mol. The molecule has 3 aromatic rings. The van der Waals surface area contributed by atoms with Gasteiger partial charge in [0.25, 0.3) is 10.0 Å². The molecule has 0 amide bonds. The van der Waals surface area contributed by atoms with Crippen LogP contribution in [-0.4, -0.2) is 25.5 Å². The van der Waals surface area contributed by atoms with Gasteiger partial charge in [-0.25, -0.2) is 12.8 Å². The predicted octanol–water partition coefficient (Wildman–Crippen LogP) is 6.90. The summed E-state index contributed by atoms with van der Waals surface area (Å²) < 4.78 is 82.3. The summed E-state index contributed by atoms with van der Waals surface area (Å²) in [6.07, 6.45) is -3.15. The quantitative estimate of drug-likeness (QED) is 0.269. The lowest BCUT2D eigenvalue weighted by Crippen LogP contribution is -2.49. The number of alkyl halides is 3. The molecule has 0 aliphatic carbocycles. The van der Waals surface area contributed by atoms with E-state index in [9.17, 15) is 35.9 Å². The second-order valence-corrected chi connectivity index (χ2v) is 11.3. The summed E-state index contributed by atoms with van der Waals surface area (Å²) in [5.74, 6) is -2.94. The van der Waals surface area contributed by atoms with Crippen LogP contribution in [0.15, 0.2) is 65.6 Å². The Bertz CT molecular complexity index is 1530. The SMILES string of the molecule is C/C(=C\c1ccc2c(c1)C[C@@H](C(=O)O)[C@@H](C)N2S(=O)(=O)c1cccc(C(F)(F)F)c1)c1c(F)cccc1Cl. The first-order valence-corrected chi connectivity index (χ1v) is 13.2. The molecule has 11 heteroatoms. The molecule has 1 aliphatic rings. The number of nitrogens with zero attached hydrogens (tertiary/aromatic N) is 1. The third-order valence-electron chi connectivity index (χ3n) is 6.51.